The van der Waals surface area contributed by atoms with E-state index in [0.29, 0.717) is 0 Å². The Bertz CT molecular complexity index is 282. The van der Waals surface area contributed by atoms with Crippen molar-refractivity contribution < 1.29 is 5.11 Å². The van der Waals surface area contributed by atoms with E-state index in [2.05, 4.69) is 36.5 Å². The van der Waals surface area contributed by atoms with Gasteiger partial charge in [0.15, 0.2) is 6.11 Å². The molecule has 0 bridgehead atoms. The fourth-order valence-electron chi connectivity index (χ4n) is 0.835. The first-order valence-corrected chi connectivity index (χ1v) is 4.51. The lowest BCUT2D eigenvalue weighted by atomic mass is 10.2. The van der Waals surface area contributed by atoms with Crippen molar-refractivity contribution in [3.63, 3.8) is 0 Å². The predicted octanol–water partition coefficient (Wildman–Crippen LogP) is 2.36. The molecule has 67 valence electrons. The lowest BCUT2D eigenvalue weighted by Gasteiger charge is -1.90. The van der Waals surface area contributed by atoms with Crippen molar-refractivity contribution >= 4 is 0 Å². The molecular weight excluding hydrogens is 160 g/mol. The summed E-state index contributed by atoms with van der Waals surface area (Å²) < 4.78 is 0. The van der Waals surface area contributed by atoms with Crippen molar-refractivity contribution in [1.29, 1.82) is 0 Å². The van der Waals surface area contributed by atoms with Crippen molar-refractivity contribution in [2.75, 3.05) is 0 Å². The Kier molecular flexibility index (Phi) is 9.25. The third-order valence-electron chi connectivity index (χ3n) is 1.48. The zero-order chi connectivity index (χ0) is 9.78. The van der Waals surface area contributed by atoms with E-state index in [9.17, 15) is 5.11 Å². The third kappa shape index (κ3) is 10.5. The van der Waals surface area contributed by atoms with Crippen LogP contribution >= 0.6 is 0 Å². The molecule has 0 aromatic heterocycles. The molecule has 0 aliphatic carbocycles. The van der Waals surface area contributed by atoms with E-state index in [1.807, 2.05) is 0 Å². The van der Waals surface area contributed by atoms with Crippen LogP contribution < -0.4 is 0 Å². The minimum absolute atomic E-state index is 0.888. The molecule has 0 saturated carbocycles. The monoisotopic (exact) mass is 173 g/mol. The first-order chi connectivity index (χ1) is 6.41. The zero-order valence-corrected chi connectivity index (χ0v) is 7.94. The Morgan fingerprint density at radius 1 is 0.923 bits per heavy atom. The van der Waals surface area contributed by atoms with Crippen LogP contribution in [-0.2, 0) is 5.11 Å². The van der Waals surface area contributed by atoms with Crippen molar-refractivity contribution in [2.45, 2.75) is 39.0 Å². The van der Waals surface area contributed by atoms with Crippen LogP contribution in [0.15, 0.2) is 0 Å². The van der Waals surface area contributed by atoms with Gasteiger partial charge in [-0.1, -0.05) is 32.1 Å². The summed E-state index contributed by atoms with van der Waals surface area (Å²) in [6.45, 7) is 2.18. The third-order valence-corrected chi connectivity index (χ3v) is 1.48. The van der Waals surface area contributed by atoms with Gasteiger partial charge < -0.3 is 0 Å². The number of unbranched alkanes of at least 4 members (excludes halogenated alkanes) is 4. The van der Waals surface area contributed by atoms with Gasteiger partial charge in [0, 0.05) is 18.3 Å². The fourth-order valence-corrected chi connectivity index (χ4v) is 0.835. The summed E-state index contributed by atoms with van der Waals surface area (Å²) in [6, 6.07) is 0. The van der Waals surface area contributed by atoms with Gasteiger partial charge in [-0.2, -0.15) is 0 Å². The summed E-state index contributed by atoms with van der Waals surface area (Å²) >= 11 is 0. The minimum atomic E-state index is 0.888. The van der Waals surface area contributed by atoms with Gasteiger partial charge in [0.05, 0.1) is 0 Å². The molecule has 0 rings (SSSR count). The summed E-state index contributed by atoms with van der Waals surface area (Å²) in [4.78, 5) is 0. The SMILES string of the molecule is CCCCCCC#CC#CC#C[O]. The van der Waals surface area contributed by atoms with Crippen molar-refractivity contribution in [2.24, 2.45) is 0 Å². The molecule has 0 aromatic carbocycles. The Balaban J connectivity index is 3.40. The Morgan fingerprint density at radius 3 is 2.38 bits per heavy atom. The summed E-state index contributed by atoms with van der Waals surface area (Å²) in [7, 11) is 0. The lowest BCUT2D eigenvalue weighted by molar-refractivity contribution is 0.392. The molecule has 1 heteroatoms. The summed E-state index contributed by atoms with van der Waals surface area (Å²) in [5.41, 5.74) is 0. The van der Waals surface area contributed by atoms with Crippen LogP contribution in [0.3, 0.4) is 0 Å². The standard InChI is InChI=1S/C12H13O/c1-2-3-4-5-6-7-8-9-10-11-12-13/h2-6H2,1H3. The molecular formula is C12H13O. The van der Waals surface area contributed by atoms with Crippen LogP contribution in [0.5, 0.6) is 0 Å². The van der Waals surface area contributed by atoms with Crippen LogP contribution in [0.2, 0.25) is 0 Å². The molecule has 0 unspecified atom stereocenters. The summed E-state index contributed by atoms with van der Waals surface area (Å²) in [5, 5.41) is 9.63. The van der Waals surface area contributed by atoms with E-state index >= 15 is 0 Å². The Morgan fingerprint density at radius 2 is 1.69 bits per heavy atom. The predicted molar refractivity (Wildman–Crippen MR) is 52.8 cm³/mol. The van der Waals surface area contributed by atoms with Gasteiger partial charge in [-0.25, -0.2) is 5.11 Å². The molecule has 13 heavy (non-hydrogen) atoms. The van der Waals surface area contributed by atoms with Gasteiger partial charge >= 0.3 is 0 Å². The van der Waals surface area contributed by atoms with Crippen molar-refractivity contribution in [3.05, 3.63) is 0 Å². The van der Waals surface area contributed by atoms with Crippen LogP contribution in [0, 0.1) is 35.7 Å². The number of hydrogen-bond acceptors (Lipinski definition) is 0. The Labute approximate surface area is 80.5 Å². The van der Waals surface area contributed by atoms with Gasteiger partial charge in [-0.3, -0.25) is 0 Å². The summed E-state index contributed by atoms with van der Waals surface area (Å²) in [5.74, 6) is 12.5. The first kappa shape index (κ1) is 11.5. The normalized spacial score (nSPS) is 6.85. The van der Waals surface area contributed by atoms with E-state index in [4.69, 9.17) is 0 Å². The minimum Gasteiger partial charge on any atom is -0.223 e. The van der Waals surface area contributed by atoms with E-state index in [1.54, 1.807) is 0 Å². The maximum Gasteiger partial charge on any atom is 0.186 e. The molecule has 0 aliphatic rings. The van der Waals surface area contributed by atoms with Crippen molar-refractivity contribution in [1.82, 2.24) is 0 Å². The molecule has 0 saturated heterocycles. The van der Waals surface area contributed by atoms with E-state index < -0.39 is 0 Å². The second-order valence-corrected chi connectivity index (χ2v) is 2.59. The van der Waals surface area contributed by atoms with Crippen LogP contribution in [-0.4, -0.2) is 0 Å². The first-order valence-electron chi connectivity index (χ1n) is 4.51. The molecule has 0 aliphatic heterocycles. The molecule has 1 radical (unpaired) electrons. The largest absolute Gasteiger partial charge is 0.223 e. The molecule has 0 spiro atoms. The smallest absolute Gasteiger partial charge is 0.186 e. The quantitative estimate of drug-likeness (QED) is 0.459. The van der Waals surface area contributed by atoms with E-state index in [0.717, 1.165) is 12.8 Å². The maximum absolute atomic E-state index is 9.63. The fraction of sp³-hybridized carbons (Fsp3) is 0.500. The molecule has 0 atom stereocenters. The summed E-state index contributed by atoms with van der Waals surface area (Å²) in [6.07, 6.45) is 7.22. The van der Waals surface area contributed by atoms with Gasteiger partial charge in [0.2, 0.25) is 0 Å². The van der Waals surface area contributed by atoms with Crippen LogP contribution in [0.4, 0.5) is 0 Å². The highest BCUT2D eigenvalue weighted by Gasteiger charge is 1.82. The molecule has 0 fully saturated rings. The van der Waals surface area contributed by atoms with Gasteiger partial charge in [-0.05, 0) is 18.3 Å². The average Bonchev–Trinajstić information content (AvgIpc) is 2.16. The van der Waals surface area contributed by atoms with Gasteiger partial charge in [0.25, 0.3) is 0 Å². The molecule has 0 heterocycles. The highest BCUT2D eigenvalue weighted by Crippen LogP contribution is 2.00. The van der Waals surface area contributed by atoms with E-state index in [1.165, 1.54) is 25.4 Å². The molecule has 1 nitrogen and oxygen atoms in total. The lowest BCUT2D eigenvalue weighted by Crippen LogP contribution is -1.73. The van der Waals surface area contributed by atoms with Crippen LogP contribution in [0.1, 0.15) is 39.0 Å². The second-order valence-electron chi connectivity index (χ2n) is 2.59. The molecule has 0 N–H and O–H groups in total. The average molecular weight is 173 g/mol. The number of rotatable bonds is 4. The molecule has 0 aromatic rings. The number of hydrogen-bond donors (Lipinski definition) is 0. The van der Waals surface area contributed by atoms with Crippen molar-refractivity contribution in [3.8, 4) is 35.7 Å². The highest BCUT2D eigenvalue weighted by atomic mass is 16.2. The van der Waals surface area contributed by atoms with Crippen LogP contribution in [0.25, 0.3) is 0 Å². The van der Waals surface area contributed by atoms with E-state index in [-0.39, 0.29) is 0 Å². The Hall–Kier alpha value is -1.52. The highest BCUT2D eigenvalue weighted by molar-refractivity contribution is 5.34. The maximum atomic E-state index is 9.63. The molecule has 0 amide bonds. The second kappa shape index (κ2) is 10.5. The topological polar surface area (TPSA) is 19.9 Å². The zero-order valence-electron chi connectivity index (χ0n) is 7.94. The van der Waals surface area contributed by atoms with Gasteiger partial charge in [0.1, 0.15) is 0 Å². The van der Waals surface area contributed by atoms with Gasteiger partial charge in [-0.15, -0.1) is 0 Å².